The fraction of sp³-hybridized carbons (Fsp3) is 0.909. The second-order valence-electron chi connectivity index (χ2n) is 5.64. The minimum absolute atomic E-state index is 0.145. The van der Waals surface area contributed by atoms with Gasteiger partial charge in [0.05, 0.1) is 6.61 Å². The molecule has 6 heteroatoms. The lowest BCUT2D eigenvalue weighted by Crippen LogP contribution is -2.41. The van der Waals surface area contributed by atoms with Gasteiger partial charge >= 0.3 is 6.09 Å². The molecule has 0 fully saturated rings. The Bertz CT molecular complexity index is 250. The fourth-order valence-electron chi connectivity index (χ4n) is 1.01. The Morgan fingerprint density at radius 1 is 1.41 bits per heavy atom. The first kappa shape index (κ1) is 16.4. The predicted molar refractivity (Wildman–Crippen MR) is 69.3 cm³/mol. The van der Waals surface area contributed by atoms with Gasteiger partial charge in [-0.25, -0.2) is 4.79 Å². The third-order valence-corrected chi connectivity index (χ3v) is 7.73. The molecule has 0 heterocycles. The van der Waals surface area contributed by atoms with E-state index in [1.807, 2.05) is 0 Å². The molecule has 0 spiro atoms. The number of hydrogen-bond donors (Lipinski definition) is 2. The van der Waals surface area contributed by atoms with Gasteiger partial charge in [0.2, 0.25) is 0 Å². The summed E-state index contributed by atoms with van der Waals surface area (Å²) in [4.78, 5) is 10.5. The summed E-state index contributed by atoms with van der Waals surface area (Å²) in [5, 5.41) is 9.13. The number of amides is 1. The Balaban J connectivity index is 4.09. The van der Waals surface area contributed by atoms with Crippen molar-refractivity contribution in [3.8, 4) is 0 Å². The van der Waals surface area contributed by atoms with Crippen molar-refractivity contribution < 1.29 is 19.1 Å². The molecule has 0 radical (unpaired) electrons. The maximum absolute atomic E-state index is 10.5. The number of rotatable bonds is 6. The van der Waals surface area contributed by atoms with Crippen LogP contribution in [0, 0.1) is 0 Å². The van der Waals surface area contributed by atoms with Crippen LogP contribution in [0.4, 0.5) is 4.79 Å². The van der Waals surface area contributed by atoms with E-state index in [1.54, 1.807) is 0 Å². The summed E-state index contributed by atoms with van der Waals surface area (Å²) in [5.74, 6) is 0. The van der Waals surface area contributed by atoms with Gasteiger partial charge in [0.1, 0.15) is 6.10 Å². The summed E-state index contributed by atoms with van der Waals surface area (Å²) >= 11 is 0. The Kier molecular flexibility index (Phi) is 6.15. The highest BCUT2D eigenvalue weighted by Gasteiger charge is 2.37. The smallest absolute Gasteiger partial charge is 0.404 e. The Morgan fingerprint density at radius 2 is 1.94 bits per heavy atom. The molecule has 1 amide bonds. The van der Waals surface area contributed by atoms with Crippen molar-refractivity contribution in [1.82, 2.24) is 0 Å². The SMILES string of the molecule is CC(C)(C)[Si](C)(C)OCCC(CO)OC(N)=O. The molecule has 0 aliphatic carbocycles. The molecule has 0 aliphatic heterocycles. The standard InChI is InChI=1S/C11H25NO4Si/c1-11(2,3)17(4,5)15-7-6-9(8-13)16-10(12)14/h9,13H,6-8H2,1-5H3,(H2,12,14). The van der Waals surface area contributed by atoms with Crippen LogP contribution in [0.25, 0.3) is 0 Å². The number of carbonyl (C=O) groups is 1. The van der Waals surface area contributed by atoms with Gasteiger partial charge in [-0.2, -0.15) is 0 Å². The Hall–Kier alpha value is -0.593. The number of aliphatic hydroxyl groups is 1. The van der Waals surface area contributed by atoms with Crippen LogP contribution in [0.5, 0.6) is 0 Å². The summed E-state index contributed by atoms with van der Waals surface area (Å²) in [6.45, 7) is 11.0. The normalized spacial score (nSPS) is 14.5. The summed E-state index contributed by atoms with van der Waals surface area (Å²) in [6, 6.07) is 0. The lowest BCUT2D eigenvalue weighted by atomic mass is 10.2. The maximum Gasteiger partial charge on any atom is 0.404 e. The van der Waals surface area contributed by atoms with Crippen LogP contribution in [0.1, 0.15) is 27.2 Å². The van der Waals surface area contributed by atoms with Gasteiger partial charge in [-0.1, -0.05) is 20.8 Å². The van der Waals surface area contributed by atoms with E-state index in [-0.39, 0.29) is 11.6 Å². The molecule has 5 nitrogen and oxygen atoms in total. The van der Waals surface area contributed by atoms with Gasteiger partial charge in [-0.15, -0.1) is 0 Å². The van der Waals surface area contributed by atoms with Crippen molar-refractivity contribution in [3.63, 3.8) is 0 Å². The van der Waals surface area contributed by atoms with Crippen LogP contribution in [-0.4, -0.2) is 38.8 Å². The van der Waals surface area contributed by atoms with E-state index in [0.29, 0.717) is 13.0 Å². The summed E-state index contributed by atoms with van der Waals surface area (Å²) < 4.78 is 10.6. The Morgan fingerprint density at radius 3 is 2.29 bits per heavy atom. The van der Waals surface area contributed by atoms with Crippen molar-refractivity contribution >= 4 is 14.4 Å². The number of carbonyl (C=O) groups excluding carboxylic acids is 1. The van der Waals surface area contributed by atoms with Crippen molar-refractivity contribution in [3.05, 3.63) is 0 Å². The lowest BCUT2D eigenvalue weighted by molar-refractivity contribution is 0.0489. The van der Waals surface area contributed by atoms with Gasteiger partial charge in [0.25, 0.3) is 0 Å². The molecular formula is C11H25NO4Si. The molecule has 0 aliphatic rings. The highest BCUT2D eigenvalue weighted by Crippen LogP contribution is 2.36. The highest BCUT2D eigenvalue weighted by atomic mass is 28.4. The van der Waals surface area contributed by atoms with E-state index >= 15 is 0 Å². The third kappa shape index (κ3) is 6.04. The van der Waals surface area contributed by atoms with E-state index in [9.17, 15) is 4.79 Å². The van der Waals surface area contributed by atoms with E-state index < -0.39 is 20.5 Å². The van der Waals surface area contributed by atoms with E-state index in [1.165, 1.54) is 0 Å². The highest BCUT2D eigenvalue weighted by molar-refractivity contribution is 6.74. The second-order valence-corrected chi connectivity index (χ2v) is 10.4. The molecule has 0 saturated heterocycles. The lowest BCUT2D eigenvalue weighted by Gasteiger charge is -2.36. The van der Waals surface area contributed by atoms with Crippen LogP contribution < -0.4 is 5.73 Å². The van der Waals surface area contributed by atoms with Crippen LogP contribution in [0.3, 0.4) is 0 Å². The molecule has 17 heavy (non-hydrogen) atoms. The minimum Gasteiger partial charge on any atom is -0.444 e. The number of ether oxygens (including phenoxy) is 1. The first-order valence-corrected chi connectivity index (χ1v) is 8.72. The molecular weight excluding hydrogens is 238 g/mol. The van der Waals surface area contributed by atoms with Crippen LogP contribution in [0.2, 0.25) is 18.1 Å². The number of hydrogen-bond acceptors (Lipinski definition) is 4. The zero-order valence-corrected chi connectivity index (χ0v) is 12.4. The van der Waals surface area contributed by atoms with Gasteiger partial charge < -0.3 is 20.0 Å². The van der Waals surface area contributed by atoms with Crippen LogP contribution >= 0.6 is 0 Å². The zero-order chi connectivity index (χ0) is 13.7. The maximum atomic E-state index is 10.5. The molecule has 0 rings (SSSR count). The Labute approximate surface area is 104 Å². The minimum atomic E-state index is -1.78. The average molecular weight is 263 g/mol. The summed E-state index contributed by atoms with van der Waals surface area (Å²) in [6.07, 6.45) is -0.972. The fourth-order valence-corrected chi connectivity index (χ4v) is 2.07. The van der Waals surface area contributed by atoms with Crippen molar-refractivity contribution in [2.75, 3.05) is 13.2 Å². The molecule has 0 saturated carbocycles. The van der Waals surface area contributed by atoms with E-state index in [4.69, 9.17) is 20.0 Å². The first-order valence-electron chi connectivity index (χ1n) is 5.81. The monoisotopic (exact) mass is 263 g/mol. The van der Waals surface area contributed by atoms with E-state index in [0.717, 1.165) is 0 Å². The molecule has 1 atom stereocenters. The predicted octanol–water partition coefficient (Wildman–Crippen LogP) is 1.85. The van der Waals surface area contributed by atoms with E-state index in [2.05, 4.69) is 33.9 Å². The van der Waals surface area contributed by atoms with Crippen molar-refractivity contribution in [2.45, 2.75) is 51.4 Å². The van der Waals surface area contributed by atoms with Gasteiger partial charge in [-0.05, 0) is 18.1 Å². The molecule has 0 aromatic carbocycles. The van der Waals surface area contributed by atoms with Crippen molar-refractivity contribution in [2.24, 2.45) is 5.73 Å². The summed E-state index contributed by atoms with van der Waals surface area (Å²) in [5.41, 5.74) is 4.89. The van der Waals surface area contributed by atoms with Gasteiger partial charge in [0.15, 0.2) is 8.32 Å². The second kappa shape index (κ2) is 6.37. The molecule has 102 valence electrons. The zero-order valence-electron chi connectivity index (χ0n) is 11.4. The molecule has 0 aromatic heterocycles. The van der Waals surface area contributed by atoms with Gasteiger partial charge in [0, 0.05) is 13.0 Å². The number of primary amides is 1. The first-order chi connectivity index (χ1) is 7.60. The number of aliphatic hydroxyl groups excluding tert-OH is 1. The van der Waals surface area contributed by atoms with Crippen LogP contribution in [0.15, 0.2) is 0 Å². The third-order valence-electron chi connectivity index (χ3n) is 3.20. The molecule has 0 aromatic rings. The molecule has 1 unspecified atom stereocenters. The summed E-state index contributed by atoms with van der Waals surface area (Å²) in [7, 11) is -1.78. The quantitative estimate of drug-likeness (QED) is 0.717. The average Bonchev–Trinajstić information content (AvgIpc) is 2.13. The van der Waals surface area contributed by atoms with Crippen molar-refractivity contribution in [1.29, 1.82) is 0 Å². The topological polar surface area (TPSA) is 81.8 Å². The number of nitrogens with two attached hydrogens (primary N) is 1. The van der Waals surface area contributed by atoms with Crippen LogP contribution in [-0.2, 0) is 9.16 Å². The molecule has 0 bridgehead atoms. The molecule has 3 N–H and O–H groups in total. The van der Waals surface area contributed by atoms with Gasteiger partial charge in [-0.3, -0.25) is 0 Å². The largest absolute Gasteiger partial charge is 0.444 e.